The van der Waals surface area contributed by atoms with Crippen molar-refractivity contribution < 1.29 is 4.79 Å². The maximum absolute atomic E-state index is 12.7. The third kappa shape index (κ3) is 3.88. The first kappa shape index (κ1) is 20.0. The zero-order chi connectivity index (χ0) is 21.3. The van der Waals surface area contributed by atoms with Gasteiger partial charge in [0.25, 0.3) is 5.56 Å². The number of hydrogen-bond acceptors (Lipinski definition) is 6. The molecule has 154 valence electrons. The van der Waals surface area contributed by atoms with E-state index in [1.807, 2.05) is 45.0 Å². The number of hydrogen-bond donors (Lipinski definition) is 1. The highest BCUT2D eigenvalue weighted by Gasteiger charge is 2.14. The number of thiophene rings is 1. The summed E-state index contributed by atoms with van der Waals surface area (Å²) < 4.78 is 3.19. The van der Waals surface area contributed by atoms with Gasteiger partial charge >= 0.3 is 0 Å². The van der Waals surface area contributed by atoms with Gasteiger partial charge in [-0.1, -0.05) is 12.1 Å². The molecule has 1 aromatic carbocycles. The van der Waals surface area contributed by atoms with E-state index in [9.17, 15) is 9.59 Å². The highest BCUT2D eigenvalue weighted by atomic mass is 32.1. The molecule has 0 aliphatic carbocycles. The Hall–Kier alpha value is -3.33. The minimum absolute atomic E-state index is 0.0913. The van der Waals surface area contributed by atoms with Gasteiger partial charge in [0.15, 0.2) is 0 Å². The molecule has 0 saturated heterocycles. The summed E-state index contributed by atoms with van der Waals surface area (Å²) in [6, 6.07) is 7.61. The van der Waals surface area contributed by atoms with Crippen LogP contribution in [0, 0.1) is 13.8 Å². The van der Waals surface area contributed by atoms with Gasteiger partial charge in [-0.05, 0) is 44.0 Å². The third-order valence-electron chi connectivity index (χ3n) is 5.19. The second kappa shape index (κ2) is 8.19. The van der Waals surface area contributed by atoms with Gasteiger partial charge in [-0.25, -0.2) is 14.6 Å². The lowest BCUT2D eigenvalue weighted by Crippen LogP contribution is -2.29. The lowest BCUT2D eigenvalue weighted by atomic mass is 10.1. The van der Waals surface area contributed by atoms with E-state index in [1.54, 1.807) is 11.0 Å². The summed E-state index contributed by atoms with van der Waals surface area (Å²) in [6.45, 7) is 6.14. The number of fused-ring (bicyclic) bond motifs is 1. The molecule has 9 heteroatoms. The third-order valence-corrected chi connectivity index (χ3v) is 6.30. The quantitative estimate of drug-likeness (QED) is 0.516. The van der Waals surface area contributed by atoms with Crippen LogP contribution in [-0.2, 0) is 11.3 Å². The molecule has 0 bridgehead atoms. The number of aryl methyl sites for hydroxylation is 3. The van der Waals surface area contributed by atoms with E-state index in [-0.39, 0.29) is 23.9 Å². The van der Waals surface area contributed by atoms with Gasteiger partial charge in [0.1, 0.15) is 17.5 Å². The molecule has 1 unspecified atom stereocenters. The van der Waals surface area contributed by atoms with Crippen LogP contribution < -0.4 is 10.9 Å². The molecule has 1 amide bonds. The van der Waals surface area contributed by atoms with Crippen molar-refractivity contribution in [2.75, 3.05) is 0 Å². The molecule has 1 N–H and O–H groups in total. The van der Waals surface area contributed by atoms with Crippen molar-refractivity contribution in [3.8, 4) is 5.69 Å². The van der Waals surface area contributed by atoms with E-state index >= 15 is 0 Å². The largest absolute Gasteiger partial charge is 0.350 e. The number of amides is 1. The first-order valence-electron chi connectivity index (χ1n) is 9.63. The molecule has 3 heterocycles. The van der Waals surface area contributed by atoms with Crippen molar-refractivity contribution in [3.63, 3.8) is 0 Å². The molecule has 0 aliphatic heterocycles. The molecule has 1 atom stereocenters. The van der Waals surface area contributed by atoms with Crippen molar-refractivity contribution in [2.45, 2.75) is 39.8 Å². The summed E-state index contributed by atoms with van der Waals surface area (Å²) in [7, 11) is 0. The lowest BCUT2D eigenvalue weighted by molar-refractivity contribution is -0.121. The Morgan fingerprint density at radius 2 is 1.97 bits per heavy atom. The van der Waals surface area contributed by atoms with Crippen LogP contribution in [0.15, 0.2) is 48.0 Å². The average molecular weight is 423 g/mol. The fourth-order valence-electron chi connectivity index (χ4n) is 3.31. The van der Waals surface area contributed by atoms with Gasteiger partial charge < -0.3 is 5.32 Å². The van der Waals surface area contributed by atoms with Gasteiger partial charge in [-0.2, -0.15) is 5.10 Å². The molecule has 3 aromatic heterocycles. The number of rotatable bonds is 6. The van der Waals surface area contributed by atoms with E-state index < -0.39 is 0 Å². The maximum Gasteiger partial charge on any atom is 0.262 e. The van der Waals surface area contributed by atoms with Crippen LogP contribution >= 0.6 is 11.3 Å². The van der Waals surface area contributed by atoms with Crippen molar-refractivity contribution in [1.82, 2.24) is 29.6 Å². The monoisotopic (exact) mass is 422 g/mol. The van der Waals surface area contributed by atoms with Gasteiger partial charge in [0.2, 0.25) is 5.91 Å². The van der Waals surface area contributed by atoms with Gasteiger partial charge in [0, 0.05) is 17.8 Å². The Morgan fingerprint density at radius 1 is 1.20 bits per heavy atom. The van der Waals surface area contributed by atoms with Crippen LogP contribution in [0.4, 0.5) is 0 Å². The van der Waals surface area contributed by atoms with Crippen LogP contribution in [0.5, 0.6) is 0 Å². The summed E-state index contributed by atoms with van der Waals surface area (Å²) >= 11 is 1.52. The molecular formula is C21H22N6O2S. The van der Waals surface area contributed by atoms with Crippen LogP contribution in [-0.4, -0.2) is 30.2 Å². The summed E-state index contributed by atoms with van der Waals surface area (Å²) in [5.74, 6) is -0.118. The Labute approximate surface area is 177 Å². The second-order valence-electron chi connectivity index (χ2n) is 7.18. The molecule has 0 aliphatic rings. The molecule has 0 radical (unpaired) electrons. The van der Waals surface area contributed by atoms with E-state index in [4.69, 9.17) is 0 Å². The fourth-order valence-corrected chi connectivity index (χ4v) is 4.29. The number of nitrogens with zero attached hydrogens (tertiary/aromatic N) is 5. The lowest BCUT2D eigenvalue weighted by Gasteiger charge is -2.15. The zero-order valence-corrected chi connectivity index (χ0v) is 17.8. The first-order valence-corrected chi connectivity index (χ1v) is 10.4. The molecule has 0 saturated carbocycles. The van der Waals surface area contributed by atoms with Crippen LogP contribution in [0.2, 0.25) is 0 Å². The number of nitrogens with one attached hydrogen (secondary N) is 1. The summed E-state index contributed by atoms with van der Waals surface area (Å²) in [6.07, 6.45) is 4.85. The highest BCUT2D eigenvalue weighted by molar-refractivity contribution is 7.18. The Kier molecular flexibility index (Phi) is 5.45. The Bertz CT molecular complexity index is 1240. The van der Waals surface area contributed by atoms with E-state index in [0.717, 1.165) is 26.5 Å². The average Bonchev–Trinajstić information content (AvgIpc) is 3.37. The SMILES string of the molecule is Cc1sc2ncn(CCC(=O)NC(C)c3ccc(-n4cncn4)cc3)c(=O)c2c1C. The molecule has 0 spiro atoms. The number of carbonyl (C=O) groups excluding carboxylic acids is 1. The summed E-state index contributed by atoms with van der Waals surface area (Å²) in [5, 5.41) is 7.74. The zero-order valence-electron chi connectivity index (χ0n) is 17.0. The van der Waals surface area contributed by atoms with Gasteiger partial charge in [-0.3, -0.25) is 14.2 Å². The summed E-state index contributed by atoms with van der Waals surface area (Å²) in [4.78, 5) is 35.3. The van der Waals surface area contributed by atoms with Crippen molar-refractivity contribution in [2.24, 2.45) is 0 Å². The van der Waals surface area contributed by atoms with Crippen LogP contribution in [0.3, 0.4) is 0 Å². The van der Waals surface area contributed by atoms with Crippen LogP contribution in [0.1, 0.15) is 35.4 Å². The van der Waals surface area contributed by atoms with E-state index in [1.165, 1.54) is 28.6 Å². The fraction of sp³-hybridized carbons (Fsp3) is 0.286. The molecule has 30 heavy (non-hydrogen) atoms. The molecule has 4 aromatic rings. The minimum Gasteiger partial charge on any atom is -0.350 e. The van der Waals surface area contributed by atoms with Crippen molar-refractivity contribution >= 4 is 27.5 Å². The second-order valence-corrected chi connectivity index (χ2v) is 8.38. The van der Waals surface area contributed by atoms with Gasteiger partial charge in [0.05, 0.1) is 23.4 Å². The smallest absolute Gasteiger partial charge is 0.262 e. The summed E-state index contributed by atoms with van der Waals surface area (Å²) in [5.41, 5.74) is 2.76. The number of aromatic nitrogens is 5. The standard InChI is InChI=1S/C21H22N6O2S/c1-13-15(3)30-20-19(13)21(29)26(12-23-20)9-8-18(28)25-14(2)16-4-6-17(7-5-16)27-11-22-10-24-27/h4-7,10-12,14H,8-9H2,1-3H3,(H,25,28). The van der Waals surface area contributed by atoms with Crippen molar-refractivity contribution in [3.05, 3.63) is 69.6 Å². The minimum atomic E-state index is -0.151. The predicted octanol–water partition coefficient (Wildman–Crippen LogP) is 2.92. The van der Waals surface area contributed by atoms with E-state index in [2.05, 4.69) is 20.4 Å². The van der Waals surface area contributed by atoms with Crippen LogP contribution in [0.25, 0.3) is 15.9 Å². The normalized spacial score (nSPS) is 12.2. The van der Waals surface area contributed by atoms with Gasteiger partial charge in [-0.15, -0.1) is 11.3 Å². The van der Waals surface area contributed by atoms with E-state index in [0.29, 0.717) is 11.9 Å². The molecule has 8 nitrogen and oxygen atoms in total. The molecular weight excluding hydrogens is 400 g/mol. The maximum atomic E-state index is 12.7. The van der Waals surface area contributed by atoms with Crippen molar-refractivity contribution in [1.29, 1.82) is 0 Å². The molecule has 4 rings (SSSR count). The number of benzene rings is 1. The Morgan fingerprint density at radius 3 is 2.67 bits per heavy atom. The highest BCUT2D eigenvalue weighted by Crippen LogP contribution is 2.25. The Balaban J connectivity index is 1.39. The number of carbonyl (C=O) groups is 1. The topological polar surface area (TPSA) is 94.7 Å². The molecule has 0 fully saturated rings. The predicted molar refractivity (Wildman–Crippen MR) is 116 cm³/mol. The first-order chi connectivity index (χ1) is 14.4.